The average Bonchev–Trinajstić information content (AvgIpc) is 2.46. The van der Waals surface area contributed by atoms with Crippen molar-refractivity contribution in [3.63, 3.8) is 0 Å². The van der Waals surface area contributed by atoms with Gasteiger partial charge in [0.15, 0.2) is 11.5 Å². The molecule has 0 radical (unpaired) electrons. The van der Waals surface area contributed by atoms with E-state index in [0.717, 1.165) is 5.56 Å². The van der Waals surface area contributed by atoms with Crippen LogP contribution in [0.4, 0.5) is 0 Å². The molecule has 1 amide bonds. The third-order valence-corrected chi connectivity index (χ3v) is 3.04. The SMILES string of the molecule is COc1cc(C(CN)CNC(C)=O)cc(OC)c1OC. The lowest BCUT2D eigenvalue weighted by atomic mass is 9.98. The van der Waals surface area contributed by atoms with Gasteiger partial charge in [0.25, 0.3) is 0 Å². The number of ether oxygens (including phenoxy) is 3. The number of amides is 1. The summed E-state index contributed by atoms with van der Waals surface area (Å²) < 4.78 is 15.9. The molecule has 0 aliphatic rings. The Morgan fingerprint density at radius 3 is 2.10 bits per heavy atom. The zero-order valence-electron chi connectivity index (χ0n) is 12.4. The van der Waals surface area contributed by atoms with Crippen LogP contribution in [0, 0.1) is 0 Å². The van der Waals surface area contributed by atoms with Crippen molar-refractivity contribution in [2.24, 2.45) is 5.73 Å². The van der Waals surface area contributed by atoms with E-state index in [2.05, 4.69) is 5.32 Å². The standard InChI is InChI=1S/C14H22N2O4/c1-9(17)16-8-11(7-15)10-5-12(18-2)14(20-4)13(6-10)19-3/h5-6,11H,7-8,15H2,1-4H3,(H,16,17). The number of nitrogens with one attached hydrogen (secondary N) is 1. The van der Waals surface area contributed by atoms with Crippen LogP contribution in [-0.2, 0) is 4.79 Å². The number of methoxy groups -OCH3 is 3. The van der Waals surface area contributed by atoms with Crippen LogP contribution in [-0.4, -0.2) is 40.3 Å². The van der Waals surface area contributed by atoms with Crippen LogP contribution in [0.5, 0.6) is 17.2 Å². The molecular formula is C14H22N2O4. The van der Waals surface area contributed by atoms with Gasteiger partial charge in [-0.25, -0.2) is 0 Å². The summed E-state index contributed by atoms with van der Waals surface area (Å²) in [5.74, 6) is 1.57. The first-order valence-electron chi connectivity index (χ1n) is 6.31. The minimum absolute atomic E-state index is 0.0207. The fourth-order valence-electron chi connectivity index (χ4n) is 1.94. The van der Waals surface area contributed by atoms with Gasteiger partial charge in [-0.3, -0.25) is 4.79 Å². The fourth-order valence-corrected chi connectivity index (χ4v) is 1.94. The molecule has 1 rings (SSSR count). The smallest absolute Gasteiger partial charge is 0.216 e. The van der Waals surface area contributed by atoms with Crippen molar-refractivity contribution in [2.45, 2.75) is 12.8 Å². The van der Waals surface area contributed by atoms with Gasteiger partial charge < -0.3 is 25.3 Å². The number of hydrogen-bond acceptors (Lipinski definition) is 5. The van der Waals surface area contributed by atoms with E-state index in [4.69, 9.17) is 19.9 Å². The molecule has 0 spiro atoms. The normalized spacial score (nSPS) is 11.7. The van der Waals surface area contributed by atoms with E-state index in [1.165, 1.54) is 6.92 Å². The lowest BCUT2D eigenvalue weighted by molar-refractivity contribution is -0.119. The van der Waals surface area contributed by atoms with Gasteiger partial charge in [-0.05, 0) is 17.7 Å². The van der Waals surface area contributed by atoms with Gasteiger partial charge in [0, 0.05) is 25.9 Å². The Morgan fingerprint density at radius 2 is 1.75 bits per heavy atom. The van der Waals surface area contributed by atoms with Crippen molar-refractivity contribution < 1.29 is 19.0 Å². The lowest BCUT2D eigenvalue weighted by Crippen LogP contribution is -2.29. The topological polar surface area (TPSA) is 82.8 Å². The minimum Gasteiger partial charge on any atom is -0.493 e. The van der Waals surface area contributed by atoms with Gasteiger partial charge in [-0.15, -0.1) is 0 Å². The van der Waals surface area contributed by atoms with Crippen LogP contribution in [0.3, 0.4) is 0 Å². The highest BCUT2D eigenvalue weighted by Gasteiger charge is 2.18. The summed E-state index contributed by atoms with van der Waals surface area (Å²) in [4.78, 5) is 11.0. The maximum Gasteiger partial charge on any atom is 0.216 e. The molecule has 1 atom stereocenters. The molecule has 0 aliphatic carbocycles. The molecule has 6 heteroatoms. The summed E-state index contributed by atoms with van der Waals surface area (Å²) in [6.07, 6.45) is 0. The van der Waals surface area contributed by atoms with E-state index in [1.807, 2.05) is 12.1 Å². The molecule has 0 saturated carbocycles. The fraction of sp³-hybridized carbons (Fsp3) is 0.500. The molecule has 1 unspecified atom stereocenters. The summed E-state index contributed by atoms with van der Waals surface area (Å²) in [5, 5.41) is 2.77. The summed E-state index contributed by atoms with van der Waals surface area (Å²) >= 11 is 0. The summed E-state index contributed by atoms with van der Waals surface area (Å²) in [6.45, 7) is 2.34. The van der Waals surface area contributed by atoms with Crippen molar-refractivity contribution in [1.29, 1.82) is 0 Å². The Kier molecular flexibility index (Phi) is 6.11. The number of carbonyl (C=O) groups is 1. The Labute approximate surface area is 119 Å². The quantitative estimate of drug-likeness (QED) is 0.776. The van der Waals surface area contributed by atoms with Crippen LogP contribution >= 0.6 is 0 Å². The van der Waals surface area contributed by atoms with Crippen LogP contribution in [0.1, 0.15) is 18.4 Å². The molecule has 1 aromatic carbocycles. The molecule has 1 aromatic rings. The third kappa shape index (κ3) is 3.77. The maximum absolute atomic E-state index is 11.0. The molecule has 0 saturated heterocycles. The molecule has 0 aliphatic heterocycles. The maximum atomic E-state index is 11.0. The summed E-state index contributed by atoms with van der Waals surface area (Å²) in [5.41, 5.74) is 6.71. The molecule has 20 heavy (non-hydrogen) atoms. The molecule has 0 aromatic heterocycles. The predicted molar refractivity (Wildman–Crippen MR) is 76.6 cm³/mol. The van der Waals surface area contributed by atoms with Crippen LogP contribution in [0.25, 0.3) is 0 Å². The summed E-state index contributed by atoms with van der Waals surface area (Å²) in [7, 11) is 4.68. The lowest BCUT2D eigenvalue weighted by Gasteiger charge is -2.19. The van der Waals surface area contributed by atoms with Crippen molar-refractivity contribution in [3.8, 4) is 17.2 Å². The molecular weight excluding hydrogens is 260 g/mol. The number of hydrogen-bond donors (Lipinski definition) is 2. The number of benzene rings is 1. The van der Waals surface area contributed by atoms with E-state index >= 15 is 0 Å². The Hall–Kier alpha value is -1.95. The highest BCUT2D eigenvalue weighted by molar-refractivity contribution is 5.72. The Balaban J connectivity index is 3.12. The minimum atomic E-state index is -0.0871. The first kappa shape index (κ1) is 16.1. The number of carbonyl (C=O) groups excluding carboxylic acids is 1. The van der Waals surface area contributed by atoms with E-state index in [0.29, 0.717) is 30.3 Å². The van der Waals surface area contributed by atoms with Crippen molar-refractivity contribution in [3.05, 3.63) is 17.7 Å². The highest BCUT2D eigenvalue weighted by Crippen LogP contribution is 2.39. The van der Waals surface area contributed by atoms with E-state index in [9.17, 15) is 4.79 Å². The predicted octanol–water partition coefficient (Wildman–Crippen LogP) is 0.891. The van der Waals surface area contributed by atoms with Crippen LogP contribution in [0.15, 0.2) is 12.1 Å². The number of rotatable bonds is 7. The van der Waals surface area contributed by atoms with E-state index in [1.54, 1.807) is 21.3 Å². The molecule has 0 fully saturated rings. The van der Waals surface area contributed by atoms with Gasteiger partial charge in [-0.1, -0.05) is 0 Å². The summed E-state index contributed by atoms with van der Waals surface area (Å²) in [6, 6.07) is 3.70. The largest absolute Gasteiger partial charge is 0.493 e. The van der Waals surface area contributed by atoms with E-state index in [-0.39, 0.29) is 11.8 Å². The highest BCUT2D eigenvalue weighted by atomic mass is 16.5. The van der Waals surface area contributed by atoms with Crippen molar-refractivity contribution >= 4 is 5.91 Å². The van der Waals surface area contributed by atoms with Gasteiger partial charge in [0.05, 0.1) is 21.3 Å². The first-order valence-corrected chi connectivity index (χ1v) is 6.31. The zero-order chi connectivity index (χ0) is 15.1. The second-order valence-electron chi connectivity index (χ2n) is 4.33. The first-order chi connectivity index (χ1) is 9.57. The third-order valence-electron chi connectivity index (χ3n) is 3.04. The number of nitrogens with two attached hydrogens (primary N) is 1. The van der Waals surface area contributed by atoms with Crippen molar-refractivity contribution in [2.75, 3.05) is 34.4 Å². The van der Waals surface area contributed by atoms with Gasteiger partial charge in [0.2, 0.25) is 11.7 Å². The van der Waals surface area contributed by atoms with Crippen LogP contribution < -0.4 is 25.3 Å². The van der Waals surface area contributed by atoms with Gasteiger partial charge in [-0.2, -0.15) is 0 Å². The molecule has 0 bridgehead atoms. The van der Waals surface area contributed by atoms with Gasteiger partial charge >= 0.3 is 0 Å². The molecule has 6 nitrogen and oxygen atoms in total. The Morgan fingerprint density at radius 1 is 1.20 bits per heavy atom. The van der Waals surface area contributed by atoms with Crippen LogP contribution in [0.2, 0.25) is 0 Å². The molecule has 112 valence electrons. The average molecular weight is 282 g/mol. The van der Waals surface area contributed by atoms with Gasteiger partial charge in [0.1, 0.15) is 0 Å². The Bertz CT molecular complexity index is 437. The second kappa shape index (κ2) is 7.59. The second-order valence-corrected chi connectivity index (χ2v) is 4.33. The molecule has 0 heterocycles. The zero-order valence-corrected chi connectivity index (χ0v) is 12.4. The van der Waals surface area contributed by atoms with Crippen molar-refractivity contribution in [1.82, 2.24) is 5.32 Å². The molecule has 3 N–H and O–H groups in total. The van der Waals surface area contributed by atoms with E-state index < -0.39 is 0 Å². The monoisotopic (exact) mass is 282 g/mol.